The topological polar surface area (TPSA) is 127 Å². The van der Waals surface area contributed by atoms with Gasteiger partial charge in [-0.15, -0.1) is 12.4 Å². The average molecular weight is 373 g/mol. The first-order chi connectivity index (χ1) is 10.8. The minimum atomic E-state index is -4.44. The fraction of sp³-hybridized carbons (Fsp3) is 0.154. The Morgan fingerprint density at radius 1 is 1.29 bits per heavy atom. The van der Waals surface area contributed by atoms with Crippen LogP contribution in [0.3, 0.4) is 0 Å². The summed E-state index contributed by atoms with van der Waals surface area (Å²) in [6.07, 6.45) is 3.18. The minimum Gasteiger partial charge on any atom is -0.307 e. The van der Waals surface area contributed by atoms with Gasteiger partial charge >= 0.3 is 5.69 Å². The molecule has 0 spiro atoms. The number of rotatable bonds is 3. The molecule has 0 fully saturated rings. The highest BCUT2D eigenvalue weighted by Gasteiger charge is 2.14. The minimum absolute atomic E-state index is 0. The van der Waals surface area contributed by atoms with Gasteiger partial charge < -0.3 is 4.98 Å². The van der Waals surface area contributed by atoms with Gasteiger partial charge in [0.1, 0.15) is 0 Å². The van der Waals surface area contributed by atoms with Crippen LogP contribution in [0, 0.1) is 0 Å². The maximum absolute atomic E-state index is 12.5. The zero-order valence-electron chi connectivity index (χ0n) is 12.3. The van der Waals surface area contributed by atoms with Crippen molar-refractivity contribution in [3.05, 3.63) is 57.0 Å². The fourth-order valence-corrected chi connectivity index (χ4v) is 2.78. The van der Waals surface area contributed by atoms with Crippen molar-refractivity contribution in [3.63, 3.8) is 0 Å². The lowest BCUT2D eigenvalue weighted by Crippen LogP contribution is -2.35. The average Bonchev–Trinajstić information content (AvgIpc) is 2.87. The largest absolute Gasteiger partial charge is 0.329 e. The van der Waals surface area contributed by atoms with E-state index in [0.717, 1.165) is 16.7 Å². The van der Waals surface area contributed by atoms with Crippen LogP contribution in [0.25, 0.3) is 10.9 Å². The summed E-state index contributed by atoms with van der Waals surface area (Å²) in [5.74, 6) is 0. The summed E-state index contributed by atoms with van der Waals surface area (Å²) in [6.45, 7) is -0.00590. The molecule has 2 N–H and O–H groups in total. The highest BCUT2D eigenvalue weighted by atomic mass is 35.5. The van der Waals surface area contributed by atoms with E-state index in [1.165, 1.54) is 16.9 Å². The Bertz CT molecular complexity index is 1130. The Morgan fingerprint density at radius 3 is 2.58 bits per heavy atom. The van der Waals surface area contributed by atoms with Crippen molar-refractivity contribution >= 4 is 33.4 Å². The van der Waals surface area contributed by atoms with Crippen molar-refractivity contribution in [3.8, 4) is 0 Å². The van der Waals surface area contributed by atoms with Crippen LogP contribution < -0.4 is 11.2 Å². The van der Waals surface area contributed by atoms with Crippen molar-refractivity contribution < 1.29 is 13.0 Å². The number of halogens is 1. The first kappa shape index (κ1) is 17.9. The predicted octanol–water partition coefficient (Wildman–Crippen LogP) is 0.140. The van der Waals surface area contributed by atoms with Crippen molar-refractivity contribution in [2.75, 3.05) is 0 Å². The van der Waals surface area contributed by atoms with Crippen LogP contribution >= 0.6 is 12.4 Å². The molecule has 11 heteroatoms. The molecular weight excluding hydrogens is 360 g/mol. The number of aromatic amines is 1. The van der Waals surface area contributed by atoms with Crippen LogP contribution in [0.2, 0.25) is 0 Å². The van der Waals surface area contributed by atoms with E-state index in [9.17, 15) is 18.0 Å². The molecule has 0 atom stereocenters. The molecule has 0 aliphatic carbocycles. The molecule has 2 heterocycles. The lowest BCUT2D eigenvalue weighted by atomic mass is 10.2. The van der Waals surface area contributed by atoms with Gasteiger partial charge in [-0.1, -0.05) is 0 Å². The molecule has 0 saturated carbocycles. The van der Waals surface area contributed by atoms with Gasteiger partial charge in [0.2, 0.25) is 0 Å². The molecule has 2 aromatic heterocycles. The maximum atomic E-state index is 12.5. The monoisotopic (exact) mass is 372 g/mol. The standard InChI is InChI=1S/C13H12N4O5S.ClH/c1-16-6-8(5-14-16)7-17-12(18)10-4-9(23(20,21)22)2-3-11(10)15-13(17)19;/h2-6H,7H2,1H3,(H,15,19)(H,20,21,22);1H. The lowest BCUT2D eigenvalue weighted by Gasteiger charge is -2.06. The van der Waals surface area contributed by atoms with Gasteiger partial charge in [-0.3, -0.25) is 18.6 Å². The second-order valence-corrected chi connectivity index (χ2v) is 6.45. The van der Waals surface area contributed by atoms with E-state index in [-0.39, 0.29) is 29.9 Å². The van der Waals surface area contributed by atoms with Crippen LogP contribution in [0.15, 0.2) is 45.1 Å². The third-order valence-electron chi connectivity index (χ3n) is 3.35. The van der Waals surface area contributed by atoms with E-state index >= 15 is 0 Å². The van der Waals surface area contributed by atoms with E-state index < -0.39 is 26.3 Å². The molecule has 24 heavy (non-hydrogen) atoms. The molecule has 1 aromatic carbocycles. The van der Waals surface area contributed by atoms with Gasteiger partial charge in [-0.05, 0) is 18.2 Å². The van der Waals surface area contributed by atoms with Crippen LogP contribution in [0.5, 0.6) is 0 Å². The van der Waals surface area contributed by atoms with Gasteiger partial charge in [0.05, 0.1) is 28.5 Å². The van der Waals surface area contributed by atoms with Crippen molar-refractivity contribution in [1.82, 2.24) is 19.3 Å². The van der Waals surface area contributed by atoms with Crippen LogP contribution in [-0.4, -0.2) is 32.3 Å². The zero-order valence-corrected chi connectivity index (χ0v) is 14.0. The molecule has 0 amide bonds. The molecule has 0 unspecified atom stereocenters. The van der Waals surface area contributed by atoms with Crippen LogP contribution in [0.4, 0.5) is 0 Å². The number of aryl methyl sites for hydroxylation is 1. The number of fused-ring (bicyclic) bond motifs is 1. The summed E-state index contributed by atoms with van der Waals surface area (Å²) >= 11 is 0. The Balaban J connectivity index is 0.00000208. The summed E-state index contributed by atoms with van der Waals surface area (Å²) in [5, 5.41) is 3.95. The number of benzene rings is 1. The Morgan fingerprint density at radius 2 is 2.00 bits per heavy atom. The van der Waals surface area contributed by atoms with Crippen LogP contribution in [0.1, 0.15) is 5.56 Å². The summed E-state index contributed by atoms with van der Waals surface area (Å²) in [6, 6.07) is 3.40. The molecule has 0 saturated heterocycles. The SMILES string of the molecule is Cl.Cn1cc(Cn2c(=O)[nH]c3ccc(S(=O)(=O)O)cc3c2=O)cn1. The summed E-state index contributed by atoms with van der Waals surface area (Å²) in [5.41, 5.74) is -0.440. The molecule has 9 nitrogen and oxygen atoms in total. The number of aromatic nitrogens is 4. The highest BCUT2D eigenvalue weighted by Crippen LogP contribution is 2.13. The molecule has 0 radical (unpaired) electrons. The molecule has 0 aliphatic rings. The van der Waals surface area contributed by atoms with E-state index in [1.54, 1.807) is 13.2 Å². The van der Waals surface area contributed by atoms with Crippen molar-refractivity contribution in [2.24, 2.45) is 7.05 Å². The number of hydrogen-bond donors (Lipinski definition) is 2. The lowest BCUT2D eigenvalue weighted by molar-refractivity contribution is 0.483. The smallest absolute Gasteiger partial charge is 0.307 e. The van der Waals surface area contributed by atoms with Gasteiger partial charge in [0, 0.05) is 18.8 Å². The molecule has 3 aromatic rings. The molecule has 0 bridgehead atoms. The molecule has 3 rings (SSSR count). The molecule has 128 valence electrons. The quantitative estimate of drug-likeness (QED) is 0.629. The van der Waals surface area contributed by atoms with Crippen molar-refractivity contribution in [1.29, 1.82) is 0 Å². The van der Waals surface area contributed by atoms with E-state index in [4.69, 9.17) is 4.55 Å². The number of nitrogens with zero attached hydrogens (tertiary/aromatic N) is 3. The summed E-state index contributed by atoms with van der Waals surface area (Å²) < 4.78 is 33.9. The first-order valence-electron chi connectivity index (χ1n) is 6.47. The highest BCUT2D eigenvalue weighted by molar-refractivity contribution is 7.85. The number of H-pyrrole nitrogens is 1. The van der Waals surface area contributed by atoms with E-state index in [2.05, 4.69) is 10.1 Å². The fourth-order valence-electron chi connectivity index (χ4n) is 2.27. The Labute approximate surface area is 141 Å². The van der Waals surface area contributed by atoms with E-state index in [0.29, 0.717) is 5.56 Å². The number of nitrogens with one attached hydrogen (secondary N) is 1. The van der Waals surface area contributed by atoms with Crippen molar-refractivity contribution in [2.45, 2.75) is 11.4 Å². The van der Waals surface area contributed by atoms with E-state index in [1.807, 2.05) is 0 Å². The predicted molar refractivity (Wildman–Crippen MR) is 88.2 cm³/mol. The summed E-state index contributed by atoms with van der Waals surface area (Å²) in [7, 11) is -2.74. The van der Waals surface area contributed by atoms with Gasteiger partial charge in [-0.25, -0.2) is 4.79 Å². The van der Waals surface area contributed by atoms with Crippen LogP contribution in [-0.2, 0) is 23.7 Å². The second kappa shape index (κ2) is 6.23. The second-order valence-electron chi connectivity index (χ2n) is 5.03. The Hall–Kier alpha value is -2.43. The molecule has 0 aliphatic heterocycles. The van der Waals surface area contributed by atoms with Gasteiger partial charge in [-0.2, -0.15) is 13.5 Å². The van der Waals surface area contributed by atoms with Gasteiger partial charge in [0.25, 0.3) is 15.7 Å². The van der Waals surface area contributed by atoms with Gasteiger partial charge in [0.15, 0.2) is 0 Å². The third kappa shape index (κ3) is 3.25. The first-order valence-corrected chi connectivity index (χ1v) is 7.91. The maximum Gasteiger partial charge on any atom is 0.329 e. The molecular formula is C13H13ClN4O5S. The number of hydrogen-bond acceptors (Lipinski definition) is 5. The normalized spacial score (nSPS) is 11.4. The Kier molecular flexibility index (Phi) is 4.65. The third-order valence-corrected chi connectivity index (χ3v) is 4.20. The zero-order chi connectivity index (χ0) is 16.8. The summed E-state index contributed by atoms with van der Waals surface area (Å²) in [4.78, 5) is 26.6.